The maximum atomic E-state index is 12.8. The first-order valence-corrected chi connectivity index (χ1v) is 9.69. The zero-order valence-corrected chi connectivity index (χ0v) is 16.7. The van der Waals surface area contributed by atoms with Crippen LogP contribution in [0.1, 0.15) is 35.7 Å². The molecule has 0 aromatic heterocycles. The van der Waals surface area contributed by atoms with Gasteiger partial charge in [-0.25, -0.2) is 13.2 Å². The zero-order chi connectivity index (χ0) is 20.2. The molecule has 2 aromatic rings. The highest BCUT2D eigenvalue weighted by molar-refractivity contribution is 7.92. The highest BCUT2D eigenvalue weighted by atomic mass is 32.2. The molecule has 2 rings (SSSR count). The molecule has 0 atom stereocenters. The number of benzene rings is 2. The van der Waals surface area contributed by atoms with E-state index in [1.807, 2.05) is 13.8 Å². The fraction of sp³-hybridized carbons (Fsp3) is 0.316. The number of hydrogen-bond acceptors (Lipinski definition) is 6. The second kappa shape index (κ2) is 8.30. The lowest BCUT2D eigenvalue weighted by Gasteiger charge is -2.16. The molecule has 146 valence electrons. The maximum Gasteiger partial charge on any atom is 0.340 e. The molecule has 0 unspecified atom stereocenters. The van der Waals surface area contributed by atoms with Gasteiger partial charge in [0, 0.05) is 12.1 Å². The Morgan fingerprint density at radius 3 is 2.00 bits per heavy atom. The number of ether oxygens (including phenoxy) is 3. The minimum absolute atomic E-state index is 0.0116. The molecule has 27 heavy (non-hydrogen) atoms. The Hall–Kier alpha value is -2.74. The maximum absolute atomic E-state index is 12.8. The fourth-order valence-corrected chi connectivity index (χ4v) is 3.55. The van der Waals surface area contributed by atoms with Crippen LogP contribution in [-0.4, -0.2) is 35.7 Å². The molecule has 0 aliphatic heterocycles. The van der Waals surface area contributed by atoms with Crippen molar-refractivity contribution in [2.75, 3.05) is 26.1 Å². The number of carbonyl (C=O) groups excluding carboxylic acids is 1. The predicted molar refractivity (Wildman–Crippen MR) is 102 cm³/mol. The smallest absolute Gasteiger partial charge is 0.340 e. The molecule has 0 saturated carbocycles. The van der Waals surface area contributed by atoms with Crippen molar-refractivity contribution in [1.82, 2.24) is 0 Å². The second-order valence-corrected chi connectivity index (χ2v) is 7.76. The van der Waals surface area contributed by atoms with E-state index in [-0.39, 0.29) is 33.6 Å². The molecular weight excluding hydrogens is 370 g/mol. The molecule has 8 heteroatoms. The molecule has 0 radical (unpaired) electrons. The van der Waals surface area contributed by atoms with Crippen molar-refractivity contribution < 1.29 is 27.4 Å². The predicted octanol–water partition coefficient (Wildman–Crippen LogP) is 3.41. The highest BCUT2D eigenvalue weighted by Gasteiger charge is 2.22. The van der Waals surface area contributed by atoms with E-state index in [9.17, 15) is 13.2 Å². The van der Waals surface area contributed by atoms with Crippen LogP contribution >= 0.6 is 0 Å². The van der Waals surface area contributed by atoms with Crippen LogP contribution in [0.25, 0.3) is 0 Å². The SMILES string of the molecule is COC(=O)c1cc(OC)c(OC)cc1NS(=O)(=O)c1ccc(C(C)C)cc1. The molecule has 0 heterocycles. The minimum Gasteiger partial charge on any atom is -0.493 e. The van der Waals surface area contributed by atoms with E-state index >= 15 is 0 Å². The van der Waals surface area contributed by atoms with Gasteiger partial charge in [0.05, 0.1) is 37.5 Å². The van der Waals surface area contributed by atoms with E-state index in [1.54, 1.807) is 12.1 Å². The number of rotatable bonds is 7. The van der Waals surface area contributed by atoms with Crippen LogP contribution < -0.4 is 14.2 Å². The summed E-state index contributed by atoms with van der Waals surface area (Å²) in [4.78, 5) is 12.2. The van der Waals surface area contributed by atoms with E-state index in [0.717, 1.165) is 5.56 Å². The Morgan fingerprint density at radius 1 is 0.963 bits per heavy atom. The average Bonchev–Trinajstić information content (AvgIpc) is 2.66. The van der Waals surface area contributed by atoms with Crippen LogP contribution in [0.3, 0.4) is 0 Å². The molecule has 0 amide bonds. The first kappa shape index (κ1) is 20.6. The van der Waals surface area contributed by atoms with Crippen molar-refractivity contribution in [1.29, 1.82) is 0 Å². The first-order chi connectivity index (χ1) is 12.7. The fourth-order valence-electron chi connectivity index (χ4n) is 2.48. The van der Waals surface area contributed by atoms with Crippen LogP contribution in [0.4, 0.5) is 5.69 Å². The molecule has 0 aliphatic rings. The molecule has 2 aromatic carbocycles. The van der Waals surface area contributed by atoms with Crippen LogP contribution in [0.2, 0.25) is 0 Å². The molecule has 7 nitrogen and oxygen atoms in total. The van der Waals surface area contributed by atoms with Gasteiger partial charge in [-0.15, -0.1) is 0 Å². The third-order valence-corrected chi connectivity index (χ3v) is 5.41. The second-order valence-electron chi connectivity index (χ2n) is 6.07. The third-order valence-electron chi connectivity index (χ3n) is 4.03. The van der Waals surface area contributed by atoms with Gasteiger partial charge in [-0.05, 0) is 23.6 Å². The molecule has 1 N–H and O–H groups in total. The third kappa shape index (κ3) is 4.51. The number of methoxy groups -OCH3 is 3. The topological polar surface area (TPSA) is 90.9 Å². The van der Waals surface area contributed by atoms with Crippen LogP contribution in [0.5, 0.6) is 11.5 Å². The number of carbonyl (C=O) groups is 1. The highest BCUT2D eigenvalue weighted by Crippen LogP contribution is 2.34. The average molecular weight is 393 g/mol. The zero-order valence-electron chi connectivity index (χ0n) is 15.9. The van der Waals surface area contributed by atoms with Gasteiger partial charge in [0.25, 0.3) is 10.0 Å². The first-order valence-electron chi connectivity index (χ1n) is 8.20. The number of sulfonamides is 1. The van der Waals surface area contributed by atoms with Crippen molar-refractivity contribution >= 4 is 21.7 Å². The van der Waals surface area contributed by atoms with Gasteiger partial charge in [-0.3, -0.25) is 4.72 Å². The van der Waals surface area contributed by atoms with Crippen molar-refractivity contribution in [3.63, 3.8) is 0 Å². The Morgan fingerprint density at radius 2 is 1.52 bits per heavy atom. The largest absolute Gasteiger partial charge is 0.493 e. The summed E-state index contributed by atoms with van der Waals surface area (Å²) in [5.74, 6) is 0.135. The number of nitrogens with one attached hydrogen (secondary N) is 1. The summed E-state index contributed by atoms with van der Waals surface area (Å²) in [5.41, 5.74) is 1.07. The van der Waals surface area contributed by atoms with Crippen molar-refractivity contribution in [3.05, 3.63) is 47.5 Å². The van der Waals surface area contributed by atoms with Gasteiger partial charge in [-0.2, -0.15) is 0 Å². The molecular formula is C19H23NO6S. The van der Waals surface area contributed by atoms with Gasteiger partial charge < -0.3 is 14.2 Å². The normalized spacial score (nSPS) is 11.2. The lowest BCUT2D eigenvalue weighted by molar-refractivity contribution is 0.0601. The van der Waals surface area contributed by atoms with Gasteiger partial charge in [0.1, 0.15) is 0 Å². The van der Waals surface area contributed by atoms with Crippen LogP contribution in [0.15, 0.2) is 41.3 Å². The Kier molecular flexibility index (Phi) is 6.32. The van der Waals surface area contributed by atoms with E-state index in [4.69, 9.17) is 14.2 Å². The molecule has 0 fully saturated rings. The minimum atomic E-state index is -3.92. The van der Waals surface area contributed by atoms with Gasteiger partial charge in [0.2, 0.25) is 0 Å². The number of hydrogen-bond donors (Lipinski definition) is 1. The van der Waals surface area contributed by atoms with Crippen molar-refractivity contribution in [3.8, 4) is 11.5 Å². The van der Waals surface area contributed by atoms with E-state index in [2.05, 4.69) is 4.72 Å². The van der Waals surface area contributed by atoms with Gasteiger partial charge in [-0.1, -0.05) is 26.0 Å². The summed E-state index contributed by atoms with van der Waals surface area (Å²) in [7, 11) is 0.123. The molecule has 0 bridgehead atoms. The molecule has 0 saturated heterocycles. The van der Waals surface area contributed by atoms with E-state index in [1.165, 1.54) is 45.6 Å². The Balaban J connectivity index is 2.48. The number of esters is 1. The molecule has 0 spiro atoms. The van der Waals surface area contributed by atoms with E-state index in [0.29, 0.717) is 0 Å². The summed E-state index contributed by atoms with van der Waals surface area (Å²) in [6.07, 6.45) is 0. The lowest BCUT2D eigenvalue weighted by Crippen LogP contribution is -2.16. The monoisotopic (exact) mass is 393 g/mol. The van der Waals surface area contributed by atoms with Crippen LogP contribution in [-0.2, 0) is 14.8 Å². The Bertz CT molecular complexity index is 920. The summed E-state index contributed by atoms with van der Waals surface area (Å²) in [5, 5.41) is 0. The summed E-state index contributed by atoms with van der Waals surface area (Å²) in [6.45, 7) is 4.04. The van der Waals surface area contributed by atoms with Crippen molar-refractivity contribution in [2.24, 2.45) is 0 Å². The summed E-state index contributed by atoms with van der Waals surface area (Å²) >= 11 is 0. The number of anilines is 1. The summed E-state index contributed by atoms with van der Waals surface area (Å²) < 4.78 is 43.1. The standard InChI is InChI=1S/C19H23NO6S/c1-12(2)13-6-8-14(9-7-13)27(22,23)20-16-11-18(25-4)17(24-3)10-15(16)19(21)26-5/h6-12,20H,1-5H3. The van der Waals surface area contributed by atoms with Crippen LogP contribution in [0, 0.1) is 0 Å². The van der Waals surface area contributed by atoms with Gasteiger partial charge >= 0.3 is 5.97 Å². The molecule has 0 aliphatic carbocycles. The van der Waals surface area contributed by atoms with E-state index < -0.39 is 16.0 Å². The summed E-state index contributed by atoms with van der Waals surface area (Å²) in [6, 6.07) is 9.31. The van der Waals surface area contributed by atoms with Gasteiger partial charge in [0.15, 0.2) is 11.5 Å². The lowest BCUT2D eigenvalue weighted by atomic mass is 10.0. The van der Waals surface area contributed by atoms with Crippen molar-refractivity contribution in [2.45, 2.75) is 24.7 Å². The quantitative estimate of drug-likeness (QED) is 0.725. The Labute approximate surface area is 159 Å².